The van der Waals surface area contributed by atoms with Gasteiger partial charge in [0.1, 0.15) is 24.2 Å². The highest BCUT2D eigenvalue weighted by atomic mass is 32.2. The molecule has 0 radical (unpaired) electrons. The maximum Gasteiger partial charge on any atom is 0.411 e. The Morgan fingerprint density at radius 2 is 1.52 bits per heavy atom. The van der Waals surface area contributed by atoms with E-state index < -0.39 is 46.1 Å². The SMILES string of the molecule is FC(F)(F)COC1CC[S+](c2cccc3ccccc23)C1.O=C(OCC(F)(F)S(=O)(=O)[O-])C12CC3CC(CC(C3)C1)C2. The molecule has 5 aliphatic rings. The minimum Gasteiger partial charge on any atom is -0.743 e. The minimum absolute atomic E-state index is 0.0159. The second-order valence-electron chi connectivity index (χ2n) is 12.0. The van der Waals surface area contributed by atoms with Crippen molar-refractivity contribution in [1.29, 1.82) is 0 Å². The molecule has 4 aliphatic carbocycles. The third-order valence-electron chi connectivity index (χ3n) is 8.82. The zero-order valence-corrected chi connectivity index (χ0v) is 24.4. The standard InChI is InChI=1S/C16H16F3OS.C13H18F2O5S/c17-16(18,19)11-20-13-8-9-21(10-13)15-7-3-5-12-4-1-2-6-14(12)15;14-13(15,21(17,18)19)7-20-11(16)12-4-8-1-9(5-12)3-10(2-8)6-12/h1-7,13H,8-11H2;8-10H,1-7H2,(H,17,18,19)/q+1;/p-1. The number of esters is 1. The van der Waals surface area contributed by atoms with Gasteiger partial charge in [0.15, 0.2) is 21.6 Å². The van der Waals surface area contributed by atoms with Crippen LogP contribution in [0.2, 0.25) is 0 Å². The number of hydrogen-bond acceptors (Lipinski definition) is 6. The van der Waals surface area contributed by atoms with Gasteiger partial charge in [-0.15, -0.1) is 0 Å². The van der Waals surface area contributed by atoms with E-state index in [9.17, 15) is 39.7 Å². The van der Waals surface area contributed by atoms with Crippen molar-refractivity contribution in [3.8, 4) is 0 Å². The van der Waals surface area contributed by atoms with Gasteiger partial charge in [-0.25, -0.2) is 8.42 Å². The molecular formula is C29H33F5O6S2. The minimum atomic E-state index is -5.81. The third-order valence-corrected chi connectivity index (χ3v) is 12.2. The van der Waals surface area contributed by atoms with Crippen LogP contribution in [0.1, 0.15) is 44.9 Å². The van der Waals surface area contributed by atoms with Crippen molar-refractivity contribution in [3.63, 3.8) is 0 Å². The highest BCUT2D eigenvalue weighted by molar-refractivity contribution is 7.97. The molecule has 0 amide bonds. The molecule has 4 saturated carbocycles. The molecule has 13 heteroatoms. The van der Waals surface area contributed by atoms with Crippen LogP contribution in [0, 0.1) is 23.2 Å². The van der Waals surface area contributed by atoms with Gasteiger partial charge in [-0.05, 0) is 73.8 Å². The van der Waals surface area contributed by atoms with Gasteiger partial charge in [0, 0.05) is 22.7 Å². The van der Waals surface area contributed by atoms with Crippen LogP contribution in [0.25, 0.3) is 10.8 Å². The quantitative estimate of drug-likeness (QED) is 0.159. The van der Waals surface area contributed by atoms with E-state index in [1.165, 1.54) is 15.7 Å². The Kier molecular flexibility index (Phi) is 8.88. The van der Waals surface area contributed by atoms with E-state index in [1.54, 1.807) is 0 Å². The number of halogens is 5. The Morgan fingerprint density at radius 1 is 0.929 bits per heavy atom. The lowest BCUT2D eigenvalue weighted by Gasteiger charge is -2.55. The van der Waals surface area contributed by atoms with Gasteiger partial charge in [-0.1, -0.05) is 30.3 Å². The number of ether oxygens (including phenoxy) is 2. The molecule has 2 unspecified atom stereocenters. The summed E-state index contributed by atoms with van der Waals surface area (Å²) in [6.45, 7) is -2.82. The number of rotatable bonds is 7. The van der Waals surface area contributed by atoms with Gasteiger partial charge in [-0.2, -0.15) is 22.0 Å². The lowest BCUT2D eigenvalue weighted by molar-refractivity contribution is -0.182. The number of hydrogen-bond donors (Lipinski definition) is 0. The van der Waals surface area contributed by atoms with Crippen LogP contribution in [0.15, 0.2) is 47.4 Å². The summed E-state index contributed by atoms with van der Waals surface area (Å²) in [6.07, 6.45) is 1.35. The predicted octanol–water partition coefficient (Wildman–Crippen LogP) is 6.05. The summed E-state index contributed by atoms with van der Waals surface area (Å²) in [5, 5.41) is -2.17. The van der Waals surface area contributed by atoms with E-state index in [0.29, 0.717) is 49.2 Å². The summed E-state index contributed by atoms with van der Waals surface area (Å²) in [6, 6.07) is 14.3. The van der Waals surface area contributed by atoms with Crippen molar-refractivity contribution in [2.75, 3.05) is 24.7 Å². The highest BCUT2D eigenvalue weighted by Gasteiger charge is 2.56. The monoisotopic (exact) mass is 636 g/mol. The second kappa shape index (κ2) is 11.9. The smallest absolute Gasteiger partial charge is 0.411 e. The van der Waals surface area contributed by atoms with Gasteiger partial charge in [0.2, 0.25) is 0 Å². The van der Waals surface area contributed by atoms with Crippen LogP contribution in [0.3, 0.4) is 0 Å². The summed E-state index contributed by atoms with van der Waals surface area (Å²) >= 11 is 0. The fourth-order valence-electron chi connectivity index (χ4n) is 7.39. The molecule has 7 rings (SSSR count). The Bertz CT molecular complexity index is 1360. The molecule has 0 spiro atoms. The molecule has 2 aromatic carbocycles. The van der Waals surface area contributed by atoms with Crippen LogP contribution in [0.4, 0.5) is 22.0 Å². The Balaban J connectivity index is 0.000000168. The maximum atomic E-state index is 13.1. The molecule has 1 heterocycles. The maximum absolute atomic E-state index is 13.1. The zero-order chi connectivity index (χ0) is 30.3. The Hall–Kier alpha value is -1.96. The number of carbonyl (C=O) groups is 1. The predicted molar refractivity (Wildman–Crippen MR) is 146 cm³/mol. The Labute approximate surface area is 244 Å². The molecule has 0 N–H and O–H groups in total. The van der Waals surface area contributed by atoms with Crippen LogP contribution >= 0.6 is 0 Å². The molecule has 6 nitrogen and oxygen atoms in total. The van der Waals surface area contributed by atoms with Gasteiger partial charge in [-0.3, -0.25) is 4.79 Å². The molecular weight excluding hydrogens is 603 g/mol. The van der Waals surface area contributed by atoms with E-state index >= 15 is 0 Å². The van der Waals surface area contributed by atoms with E-state index in [1.807, 2.05) is 18.2 Å². The average Bonchev–Trinajstić information content (AvgIpc) is 3.38. The van der Waals surface area contributed by atoms with E-state index in [4.69, 9.17) is 4.74 Å². The topological polar surface area (TPSA) is 92.7 Å². The molecule has 2 atom stereocenters. The normalized spacial score (nSPS) is 30.7. The first kappa shape index (κ1) is 31.5. The first-order valence-electron chi connectivity index (χ1n) is 14.0. The van der Waals surface area contributed by atoms with Crippen molar-refractivity contribution in [2.24, 2.45) is 23.2 Å². The Morgan fingerprint density at radius 3 is 2.12 bits per heavy atom. The summed E-state index contributed by atoms with van der Waals surface area (Å²) in [4.78, 5) is 13.5. The van der Waals surface area contributed by atoms with E-state index in [2.05, 4.69) is 29.0 Å². The highest BCUT2D eigenvalue weighted by Crippen LogP contribution is 2.60. The van der Waals surface area contributed by atoms with Crippen LogP contribution in [-0.2, 0) is 35.3 Å². The molecule has 5 fully saturated rings. The van der Waals surface area contributed by atoms with Crippen molar-refractivity contribution in [1.82, 2.24) is 0 Å². The number of carbonyl (C=O) groups excluding carboxylic acids is 1. The fraction of sp³-hybridized carbons (Fsp3) is 0.621. The van der Waals surface area contributed by atoms with Crippen molar-refractivity contribution < 1.29 is 49.2 Å². The summed E-state index contributed by atoms with van der Waals surface area (Å²) < 4.78 is 104. The average molecular weight is 637 g/mol. The molecule has 42 heavy (non-hydrogen) atoms. The van der Waals surface area contributed by atoms with Gasteiger partial charge in [0.05, 0.1) is 5.41 Å². The lowest BCUT2D eigenvalue weighted by Crippen LogP contribution is -2.51. The van der Waals surface area contributed by atoms with Crippen molar-refractivity contribution in [3.05, 3.63) is 42.5 Å². The van der Waals surface area contributed by atoms with Gasteiger partial charge in [0.25, 0.3) is 0 Å². The molecule has 232 valence electrons. The number of benzene rings is 2. The summed E-state index contributed by atoms with van der Waals surface area (Å²) in [5.74, 6) is 2.17. The lowest BCUT2D eigenvalue weighted by atomic mass is 9.49. The first-order valence-corrected chi connectivity index (χ1v) is 17.0. The molecule has 4 bridgehead atoms. The van der Waals surface area contributed by atoms with E-state index in [0.717, 1.165) is 25.0 Å². The molecule has 1 saturated heterocycles. The van der Waals surface area contributed by atoms with E-state index in [-0.39, 0.29) is 17.0 Å². The van der Waals surface area contributed by atoms with Crippen LogP contribution < -0.4 is 0 Å². The van der Waals surface area contributed by atoms with Crippen molar-refractivity contribution in [2.45, 2.75) is 67.4 Å². The second-order valence-corrected chi connectivity index (χ2v) is 15.7. The molecule has 2 aromatic rings. The molecule has 0 aromatic heterocycles. The first-order chi connectivity index (χ1) is 19.6. The number of fused-ring (bicyclic) bond motifs is 1. The van der Waals surface area contributed by atoms with Crippen LogP contribution in [0.5, 0.6) is 0 Å². The largest absolute Gasteiger partial charge is 0.743 e. The number of alkyl halides is 5. The van der Waals surface area contributed by atoms with Gasteiger partial charge >= 0.3 is 17.4 Å². The third kappa shape index (κ3) is 7.05. The molecule has 1 aliphatic heterocycles. The fourth-order valence-corrected chi connectivity index (χ4v) is 10.2. The van der Waals surface area contributed by atoms with Crippen molar-refractivity contribution >= 4 is 37.8 Å². The van der Waals surface area contributed by atoms with Crippen LogP contribution in [-0.4, -0.2) is 61.2 Å². The summed E-state index contributed by atoms with van der Waals surface area (Å²) in [5.41, 5.74) is -0.739. The zero-order valence-electron chi connectivity index (χ0n) is 22.8. The van der Waals surface area contributed by atoms with Gasteiger partial charge < -0.3 is 14.0 Å². The summed E-state index contributed by atoms with van der Waals surface area (Å²) in [7, 11) is -5.83.